The van der Waals surface area contributed by atoms with Gasteiger partial charge in [0.1, 0.15) is 5.76 Å². The predicted octanol–water partition coefficient (Wildman–Crippen LogP) is 6.54. The van der Waals surface area contributed by atoms with E-state index in [4.69, 9.17) is 4.42 Å². The van der Waals surface area contributed by atoms with Crippen LogP contribution in [0.4, 0.5) is 0 Å². The molecule has 1 aromatic rings. The molecule has 0 radical (unpaired) electrons. The van der Waals surface area contributed by atoms with Crippen LogP contribution in [0.2, 0.25) is 0 Å². The molecule has 0 aliphatic heterocycles. The van der Waals surface area contributed by atoms with Crippen LogP contribution in [0.25, 0.3) is 0 Å². The van der Waals surface area contributed by atoms with Gasteiger partial charge in [-0.3, -0.25) is 9.59 Å². The Balaban J connectivity index is 1.42. The van der Waals surface area contributed by atoms with Gasteiger partial charge in [-0.05, 0) is 103 Å². The van der Waals surface area contributed by atoms with Crippen molar-refractivity contribution in [2.24, 2.45) is 46.3 Å². The number of Topliss-reactive ketones (excluding diaryl/α,β-unsaturated/α-hetero) is 1. The number of aliphatic hydroxyl groups is 1. The number of hydrogen-bond acceptors (Lipinski definition) is 4. The summed E-state index contributed by atoms with van der Waals surface area (Å²) < 4.78 is 5.79. The first kappa shape index (κ1) is 23.7. The summed E-state index contributed by atoms with van der Waals surface area (Å²) in [5.41, 5.74) is 1.00. The third kappa shape index (κ3) is 3.48. The molecule has 0 spiro atoms. The fourth-order valence-corrected chi connectivity index (χ4v) is 9.05. The molecule has 4 aliphatic rings. The smallest absolute Gasteiger partial charge is 0.307 e. The van der Waals surface area contributed by atoms with E-state index < -0.39 is 11.9 Å². The largest absolute Gasteiger partial charge is 0.505 e. The molecule has 0 saturated heterocycles. The predicted molar refractivity (Wildman–Crippen MR) is 129 cm³/mol. The SMILES string of the molecule is CC(C)c1ccoc1CC(C(=O)O)[C@H]1CCC2C3CC[C@@H]4CC(=O)C(O)=C[C@]4(C)C3CC[C@@]21C. The average molecular weight is 469 g/mol. The number of rotatable bonds is 5. The zero-order valence-electron chi connectivity index (χ0n) is 21.0. The van der Waals surface area contributed by atoms with Crippen LogP contribution in [-0.4, -0.2) is 22.0 Å². The molecular weight excluding hydrogens is 428 g/mol. The zero-order valence-corrected chi connectivity index (χ0v) is 21.0. The molecule has 1 heterocycles. The molecule has 3 saturated carbocycles. The Kier molecular flexibility index (Phi) is 5.76. The summed E-state index contributed by atoms with van der Waals surface area (Å²) in [5, 5.41) is 20.6. The van der Waals surface area contributed by atoms with Gasteiger partial charge in [-0.25, -0.2) is 0 Å². The summed E-state index contributed by atoms with van der Waals surface area (Å²) in [5.74, 6) is 1.83. The number of furan rings is 1. The lowest BCUT2D eigenvalue weighted by atomic mass is 9.45. The second-order valence-electron chi connectivity index (χ2n) is 12.5. The highest BCUT2D eigenvalue weighted by Gasteiger charge is 2.61. The minimum Gasteiger partial charge on any atom is -0.505 e. The number of carbonyl (C=O) groups is 2. The van der Waals surface area contributed by atoms with Crippen LogP contribution >= 0.6 is 0 Å². The highest BCUT2D eigenvalue weighted by atomic mass is 16.4. The van der Waals surface area contributed by atoms with E-state index in [1.807, 2.05) is 12.1 Å². The van der Waals surface area contributed by atoms with Crippen LogP contribution in [-0.2, 0) is 16.0 Å². The summed E-state index contributed by atoms with van der Waals surface area (Å²) in [4.78, 5) is 24.8. The normalized spacial score (nSPS) is 40.3. The van der Waals surface area contributed by atoms with E-state index in [2.05, 4.69) is 27.7 Å². The Morgan fingerprint density at radius 1 is 1.15 bits per heavy atom. The van der Waals surface area contributed by atoms with Crippen LogP contribution in [0.3, 0.4) is 0 Å². The molecule has 5 rings (SSSR count). The van der Waals surface area contributed by atoms with Crippen molar-refractivity contribution in [3.05, 3.63) is 35.5 Å². The van der Waals surface area contributed by atoms with Gasteiger partial charge >= 0.3 is 5.97 Å². The number of carboxylic acids is 1. The van der Waals surface area contributed by atoms with E-state index in [1.165, 1.54) is 0 Å². The summed E-state index contributed by atoms with van der Waals surface area (Å²) in [6, 6.07) is 1.99. The number of aliphatic hydroxyl groups excluding tert-OH is 1. The fraction of sp³-hybridized carbons (Fsp3) is 0.724. The number of fused-ring (bicyclic) bond motifs is 5. The lowest BCUT2D eigenvalue weighted by Crippen LogP contribution is -2.53. The van der Waals surface area contributed by atoms with Crippen LogP contribution in [0.1, 0.15) is 89.9 Å². The fourth-order valence-electron chi connectivity index (χ4n) is 9.05. The van der Waals surface area contributed by atoms with E-state index in [0.717, 1.165) is 49.8 Å². The third-order valence-electron chi connectivity index (χ3n) is 10.8. The maximum Gasteiger partial charge on any atom is 0.307 e. The number of carboxylic acid groups (broad SMARTS) is 1. The first-order valence-electron chi connectivity index (χ1n) is 13.3. The molecule has 1 aromatic heterocycles. The third-order valence-corrected chi connectivity index (χ3v) is 10.8. The van der Waals surface area contributed by atoms with Crippen molar-refractivity contribution in [2.45, 2.75) is 85.0 Å². The molecule has 34 heavy (non-hydrogen) atoms. The van der Waals surface area contributed by atoms with Gasteiger partial charge in [-0.1, -0.05) is 27.7 Å². The van der Waals surface area contributed by atoms with Gasteiger partial charge in [0.05, 0.1) is 12.2 Å². The molecule has 4 unspecified atom stereocenters. The van der Waals surface area contributed by atoms with E-state index in [0.29, 0.717) is 42.4 Å². The average Bonchev–Trinajstić information content (AvgIpc) is 3.37. The highest BCUT2D eigenvalue weighted by Crippen LogP contribution is 2.67. The minimum atomic E-state index is -0.700. The van der Waals surface area contributed by atoms with Gasteiger partial charge in [0.2, 0.25) is 0 Å². The molecule has 5 nitrogen and oxygen atoms in total. The molecule has 0 amide bonds. The van der Waals surface area contributed by atoms with Crippen LogP contribution in [0.15, 0.2) is 28.6 Å². The van der Waals surface area contributed by atoms with Crippen LogP contribution in [0, 0.1) is 46.3 Å². The summed E-state index contributed by atoms with van der Waals surface area (Å²) in [6.45, 7) is 8.87. The van der Waals surface area contributed by atoms with Crippen molar-refractivity contribution in [3.8, 4) is 0 Å². The Hall–Kier alpha value is -2.04. The summed E-state index contributed by atoms with van der Waals surface area (Å²) >= 11 is 0. The standard InChI is InChI=1S/C29H40O5/c1-16(2)18-10-12-34-26(18)14-20(27(32)33)22-8-7-21-19-6-5-17-13-24(30)25(31)15-29(17,4)23(19)9-11-28(21,22)3/h10,12,15-17,19-23,31H,5-9,11,13-14H2,1-4H3,(H,32,33)/t17-,19?,20?,21?,22-,23?,28+,29+/m1/s1. The lowest BCUT2D eigenvalue weighted by Gasteiger charge is -2.59. The van der Waals surface area contributed by atoms with Crippen molar-refractivity contribution >= 4 is 11.8 Å². The van der Waals surface area contributed by atoms with Gasteiger partial charge in [-0.2, -0.15) is 0 Å². The van der Waals surface area contributed by atoms with Gasteiger partial charge in [0.15, 0.2) is 11.5 Å². The Labute approximate surface area is 203 Å². The second kappa shape index (κ2) is 8.27. The van der Waals surface area contributed by atoms with Gasteiger partial charge in [0.25, 0.3) is 0 Å². The van der Waals surface area contributed by atoms with Gasteiger partial charge in [0, 0.05) is 12.8 Å². The number of hydrogen-bond donors (Lipinski definition) is 2. The van der Waals surface area contributed by atoms with E-state index in [1.54, 1.807) is 6.26 Å². The van der Waals surface area contributed by atoms with Crippen molar-refractivity contribution in [2.75, 3.05) is 0 Å². The summed E-state index contributed by atoms with van der Waals surface area (Å²) in [7, 11) is 0. The van der Waals surface area contributed by atoms with Crippen molar-refractivity contribution < 1.29 is 24.2 Å². The molecule has 3 fully saturated rings. The quantitative estimate of drug-likeness (QED) is 0.512. The molecule has 5 heteroatoms. The molecule has 186 valence electrons. The maximum absolute atomic E-state index is 12.6. The highest BCUT2D eigenvalue weighted by molar-refractivity contribution is 5.94. The van der Waals surface area contributed by atoms with E-state index in [9.17, 15) is 19.8 Å². The van der Waals surface area contributed by atoms with Crippen LogP contribution in [0.5, 0.6) is 0 Å². The number of allylic oxidation sites excluding steroid dienone is 2. The lowest BCUT2D eigenvalue weighted by molar-refractivity contribution is -0.148. The van der Waals surface area contributed by atoms with E-state index >= 15 is 0 Å². The van der Waals surface area contributed by atoms with Crippen molar-refractivity contribution in [3.63, 3.8) is 0 Å². The summed E-state index contributed by atoms with van der Waals surface area (Å²) in [6.07, 6.45) is 10.8. The zero-order chi connectivity index (χ0) is 24.4. The van der Waals surface area contributed by atoms with Crippen LogP contribution < -0.4 is 0 Å². The molecule has 2 N–H and O–H groups in total. The topological polar surface area (TPSA) is 87.7 Å². The van der Waals surface area contributed by atoms with Gasteiger partial charge < -0.3 is 14.6 Å². The maximum atomic E-state index is 12.6. The minimum absolute atomic E-state index is 0.00819. The monoisotopic (exact) mass is 468 g/mol. The van der Waals surface area contributed by atoms with Crippen molar-refractivity contribution in [1.29, 1.82) is 0 Å². The Bertz CT molecular complexity index is 1000. The number of aliphatic carboxylic acids is 1. The number of carbonyl (C=O) groups excluding carboxylic acids is 1. The first-order valence-corrected chi connectivity index (χ1v) is 13.3. The van der Waals surface area contributed by atoms with E-state index in [-0.39, 0.29) is 28.3 Å². The number of ketones is 1. The second-order valence-corrected chi connectivity index (χ2v) is 12.5. The molecule has 0 aromatic carbocycles. The molecule has 4 aliphatic carbocycles. The Morgan fingerprint density at radius 2 is 1.91 bits per heavy atom. The van der Waals surface area contributed by atoms with Crippen molar-refractivity contribution in [1.82, 2.24) is 0 Å². The molecular formula is C29H40O5. The van der Waals surface area contributed by atoms with Gasteiger partial charge in [-0.15, -0.1) is 0 Å². The molecule has 8 atom stereocenters. The molecule has 0 bridgehead atoms. The Morgan fingerprint density at radius 3 is 2.62 bits per heavy atom. The first-order chi connectivity index (χ1) is 16.1.